The van der Waals surface area contributed by atoms with Gasteiger partial charge in [0.1, 0.15) is 0 Å². The van der Waals surface area contributed by atoms with E-state index in [0.29, 0.717) is 0 Å². The summed E-state index contributed by atoms with van der Waals surface area (Å²) >= 11 is 5.22. The fourth-order valence-electron chi connectivity index (χ4n) is 1.67. The number of nitrogens with one attached hydrogen (secondary N) is 1. The summed E-state index contributed by atoms with van der Waals surface area (Å²) in [5.41, 5.74) is 1.12. The molecule has 2 rings (SSSR count). The Labute approximate surface area is 107 Å². The molecule has 0 saturated heterocycles. The molecule has 2 aromatic heterocycles. The van der Waals surface area contributed by atoms with Crippen molar-refractivity contribution in [1.29, 1.82) is 0 Å². The van der Waals surface area contributed by atoms with Gasteiger partial charge in [-0.1, -0.05) is 0 Å². The predicted molar refractivity (Wildman–Crippen MR) is 68.7 cm³/mol. The van der Waals surface area contributed by atoms with E-state index in [1.165, 1.54) is 4.88 Å². The normalized spacial score (nSPS) is 13.0. The van der Waals surface area contributed by atoms with E-state index in [4.69, 9.17) is 0 Å². The van der Waals surface area contributed by atoms with Crippen LogP contribution >= 0.6 is 27.3 Å². The number of hydrogen-bond acceptors (Lipinski definition) is 4. The molecule has 1 atom stereocenters. The standard InChI is InChI=1S/C10H13BrN4S/c1-6-13-5-8(16-6)9(12-2)10-7(11)4-14-15(10)3/h4-5,9,12H,1-3H3. The molecular weight excluding hydrogens is 288 g/mol. The van der Waals surface area contributed by atoms with Crippen LogP contribution < -0.4 is 5.32 Å². The summed E-state index contributed by atoms with van der Waals surface area (Å²) in [6, 6.07) is 0.132. The number of nitrogens with zero attached hydrogens (tertiary/aromatic N) is 3. The summed E-state index contributed by atoms with van der Waals surface area (Å²) in [7, 11) is 3.89. The molecule has 0 aromatic carbocycles. The van der Waals surface area contributed by atoms with Crippen molar-refractivity contribution in [2.75, 3.05) is 7.05 Å². The molecule has 0 bridgehead atoms. The van der Waals surface area contributed by atoms with Crippen molar-refractivity contribution >= 4 is 27.3 Å². The van der Waals surface area contributed by atoms with Crippen LogP contribution in [0.15, 0.2) is 16.9 Å². The number of aromatic nitrogens is 3. The molecule has 0 aliphatic heterocycles. The minimum atomic E-state index is 0.132. The van der Waals surface area contributed by atoms with E-state index in [0.717, 1.165) is 15.2 Å². The molecule has 0 aliphatic carbocycles. The zero-order valence-corrected chi connectivity index (χ0v) is 11.8. The zero-order valence-electron chi connectivity index (χ0n) is 9.36. The van der Waals surface area contributed by atoms with Gasteiger partial charge in [0.05, 0.1) is 27.4 Å². The summed E-state index contributed by atoms with van der Waals surface area (Å²) in [5, 5.41) is 8.60. The lowest BCUT2D eigenvalue weighted by molar-refractivity contribution is 0.610. The van der Waals surface area contributed by atoms with Crippen LogP contribution in [0.5, 0.6) is 0 Å². The van der Waals surface area contributed by atoms with E-state index in [-0.39, 0.29) is 6.04 Å². The molecule has 86 valence electrons. The Morgan fingerprint density at radius 1 is 1.50 bits per heavy atom. The fourth-order valence-corrected chi connectivity index (χ4v) is 3.15. The van der Waals surface area contributed by atoms with Gasteiger partial charge in [0.15, 0.2) is 0 Å². The quantitative estimate of drug-likeness (QED) is 0.945. The maximum absolute atomic E-state index is 4.29. The molecule has 1 N–H and O–H groups in total. The minimum absolute atomic E-state index is 0.132. The number of halogens is 1. The van der Waals surface area contributed by atoms with Crippen molar-refractivity contribution in [3.05, 3.63) is 32.4 Å². The highest BCUT2D eigenvalue weighted by molar-refractivity contribution is 9.10. The van der Waals surface area contributed by atoms with Gasteiger partial charge in [-0.3, -0.25) is 4.68 Å². The van der Waals surface area contributed by atoms with Gasteiger partial charge >= 0.3 is 0 Å². The van der Waals surface area contributed by atoms with Crippen LogP contribution in [0.3, 0.4) is 0 Å². The lowest BCUT2D eigenvalue weighted by Crippen LogP contribution is -2.20. The number of aryl methyl sites for hydroxylation is 2. The monoisotopic (exact) mass is 300 g/mol. The van der Waals surface area contributed by atoms with Gasteiger partial charge in [0.25, 0.3) is 0 Å². The van der Waals surface area contributed by atoms with E-state index in [1.54, 1.807) is 11.3 Å². The largest absolute Gasteiger partial charge is 0.307 e. The molecule has 2 heterocycles. The maximum atomic E-state index is 4.29. The second-order valence-corrected chi connectivity index (χ2v) is 5.63. The smallest absolute Gasteiger partial charge is 0.0897 e. The summed E-state index contributed by atoms with van der Waals surface area (Å²) in [6.45, 7) is 2.01. The van der Waals surface area contributed by atoms with Crippen molar-refractivity contribution < 1.29 is 0 Å². The lowest BCUT2D eigenvalue weighted by Gasteiger charge is -2.15. The van der Waals surface area contributed by atoms with E-state index < -0.39 is 0 Å². The molecule has 4 nitrogen and oxygen atoms in total. The predicted octanol–water partition coefficient (Wildman–Crippen LogP) is 2.26. The summed E-state index contributed by atoms with van der Waals surface area (Å²) in [4.78, 5) is 5.49. The highest BCUT2D eigenvalue weighted by Gasteiger charge is 2.20. The Balaban J connectivity index is 2.44. The first kappa shape index (κ1) is 11.8. The molecule has 0 amide bonds. The van der Waals surface area contributed by atoms with E-state index >= 15 is 0 Å². The number of thiazole rings is 1. The first-order valence-electron chi connectivity index (χ1n) is 4.90. The van der Waals surface area contributed by atoms with Gasteiger partial charge in [0.2, 0.25) is 0 Å². The molecule has 0 fully saturated rings. The molecule has 1 unspecified atom stereocenters. The van der Waals surface area contributed by atoms with Gasteiger partial charge in [-0.25, -0.2) is 4.98 Å². The Kier molecular flexibility index (Phi) is 3.41. The van der Waals surface area contributed by atoms with Gasteiger partial charge in [-0.2, -0.15) is 5.10 Å². The number of hydrogen-bond donors (Lipinski definition) is 1. The molecule has 0 saturated carbocycles. The molecule has 6 heteroatoms. The van der Waals surface area contributed by atoms with Crippen molar-refractivity contribution in [1.82, 2.24) is 20.1 Å². The van der Waals surface area contributed by atoms with Crippen LogP contribution in [-0.4, -0.2) is 21.8 Å². The van der Waals surface area contributed by atoms with Crippen molar-refractivity contribution in [3.63, 3.8) is 0 Å². The Hall–Kier alpha value is -0.720. The molecule has 0 radical (unpaired) electrons. The number of rotatable bonds is 3. The first-order valence-corrected chi connectivity index (χ1v) is 6.51. The topological polar surface area (TPSA) is 42.7 Å². The highest BCUT2D eigenvalue weighted by Crippen LogP contribution is 2.30. The first-order chi connectivity index (χ1) is 7.63. The van der Waals surface area contributed by atoms with Crippen LogP contribution in [0.1, 0.15) is 21.6 Å². The van der Waals surface area contributed by atoms with E-state index in [1.807, 2.05) is 38.1 Å². The third kappa shape index (κ3) is 2.05. The third-order valence-electron chi connectivity index (χ3n) is 2.42. The van der Waals surface area contributed by atoms with Gasteiger partial charge in [-0.05, 0) is 29.9 Å². The third-order valence-corrected chi connectivity index (χ3v) is 4.01. The van der Waals surface area contributed by atoms with Gasteiger partial charge < -0.3 is 5.32 Å². The second kappa shape index (κ2) is 4.65. The molecule has 16 heavy (non-hydrogen) atoms. The van der Waals surface area contributed by atoms with Crippen molar-refractivity contribution in [3.8, 4) is 0 Å². The summed E-state index contributed by atoms with van der Waals surface area (Å²) in [5.74, 6) is 0. The second-order valence-electron chi connectivity index (χ2n) is 3.50. The molecular formula is C10H13BrN4S. The highest BCUT2D eigenvalue weighted by atomic mass is 79.9. The van der Waals surface area contributed by atoms with Crippen molar-refractivity contribution in [2.24, 2.45) is 7.05 Å². The van der Waals surface area contributed by atoms with Gasteiger partial charge in [-0.15, -0.1) is 11.3 Å². The van der Waals surface area contributed by atoms with Crippen LogP contribution in [0.25, 0.3) is 0 Å². The van der Waals surface area contributed by atoms with E-state index in [9.17, 15) is 0 Å². The average molecular weight is 301 g/mol. The van der Waals surface area contributed by atoms with Crippen LogP contribution in [0, 0.1) is 6.92 Å². The van der Waals surface area contributed by atoms with Crippen LogP contribution in [0.4, 0.5) is 0 Å². The fraction of sp³-hybridized carbons (Fsp3) is 0.400. The zero-order chi connectivity index (χ0) is 11.7. The molecule has 0 spiro atoms. The Morgan fingerprint density at radius 2 is 2.25 bits per heavy atom. The Morgan fingerprint density at radius 3 is 2.69 bits per heavy atom. The van der Waals surface area contributed by atoms with Crippen LogP contribution in [-0.2, 0) is 7.05 Å². The lowest BCUT2D eigenvalue weighted by atomic mass is 10.2. The Bertz CT molecular complexity index is 471. The molecule has 2 aromatic rings. The summed E-state index contributed by atoms with van der Waals surface area (Å²) in [6.07, 6.45) is 3.73. The molecule has 0 aliphatic rings. The average Bonchev–Trinajstić information content (AvgIpc) is 2.80. The SMILES string of the molecule is CNC(c1cnc(C)s1)c1c(Br)cnn1C. The minimum Gasteiger partial charge on any atom is -0.307 e. The maximum Gasteiger partial charge on any atom is 0.0897 e. The van der Waals surface area contributed by atoms with Crippen LogP contribution in [0.2, 0.25) is 0 Å². The van der Waals surface area contributed by atoms with E-state index in [2.05, 4.69) is 31.3 Å². The van der Waals surface area contributed by atoms with Crippen molar-refractivity contribution in [2.45, 2.75) is 13.0 Å². The summed E-state index contributed by atoms with van der Waals surface area (Å²) < 4.78 is 2.89. The van der Waals surface area contributed by atoms with Gasteiger partial charge in [0, 0.05) is 18.1 Å².